The first-order chi connectivity index (χ1) is 16.9. The van der Waals surface area contributed by atoms with Crippen molar-refractivity contribution in [2.24, 2.45) is 7.05 Å². The van der Waals surface area contributed by atoms with Gasteiger partial charge in [0.15, 0.2) is 0 Å². The van der Waals surface area contributed by atoms with E-state index in [1.807, 2.05) is 29.8 Å². The molecule has 35 heavy (non-hydrogen) atoms. The fraction of sp³-hybridized carbons (Fsp3) is 0.346. The molecular weight excluding hydrogens is 508 g/mol. The number of carbonyl (C=O) groups is 1. The number of benzene rings is 1. The van der Waals surface area contributed by atoms with Crippen molar-refractivity contribution >= 4 is 38.8 Å². The van der Waals surface area contributed by atoms with Crippen LogP contribution in [0.3, 0.4) is 0 Å². The normalized spacial score (nSPS) is 22.0. The summed E-state index contributed by atoms with van der Waals surface area (Å²) in [4.78, 5) is 21.7. The lowest BCUT2D eigenvalue weighted by Crippen LogP contribution is -2.45. The molecule has 9 heteroatoms. The lowest BCUT2D eigenvalue weighted by atomic mass is 9.94. The number of aryl methyl sites for hydroxylation is 1. The summed E-state index contributed by atoms with van der Waals surface area (Å²) in [6.07, 6.45) is 10.8. The number of nitrogens with one attached hydrogen (secondary N) is 3. The number of anilines is 1. The van der Waals surface area contributed by atoms with Crippen molar-refractivity contribution in [2.45, 2.75) is 37.8 Å². The van der Waals surface area contributed by atoms with E-state index in [9.17, 15) is 4.79 Å². The smallest absolute Gasteiger partial charge is 0.270 e. The summed E-state index contributed by atoms with van der Waals surface area (Å²) in [7, 11) is 2.00. The Morgan fingerprint density at radius 1 is 1.29 bits per heavy atom. The van der Waals surface area contributed by atoms with Gasteiger partial charge in [-0.05, 0) is 57.0 Å². The summed E-state index contributed by atoms with van der Waals surface area (Å²) in [5.74, 6) is 1.80. The Hall–Kier alpha value is -3.17. The molecule has 2 atom stereocenters. The Balaban J connectivity index is 1.30. The number of amides is 1. The van der Waals surface area contributed by atoms with Crippen molar-refractivity contribution in [1.82, 2.24) is 25.2 Å². The van der Waals surface area contributed by atoms with Gasteiger partial charge in [-0.1, -0.05) is 28.1 Å². The van der Waals surface area contributed by atoms with Crippen LogP contribution in [0.25, 0.3) is 11.0 Å². The van der Waals surface area contributed by atoms with Gasteiger partial charge in [-0.15, -0.1) is 0 Å². The van der Waals surface area contributed by atoms with Crippen LogP contribution in [-0.2, 0) is 7.05 Å². The van der Waals surface area contributed by atoms with E-state index in [2.05, 4.69) is 62.0 Å². The minimum atomic E-state index is -0.215. The van der Waals surface area contributed by atoms with Crippen LogP contribution in [0.15, 0.2) is 59.2 Å². The molecule has 8 nitrogen and oxygen atoms in total. The predicted molar refractivity (Wildman–Crippen MR) is 141 cm³/mol. The molecule has 1 aliphatic carbocycles. The van der Waals surface area contributed by atoms with E-state index < -0.39 is 0 Å². The summed E-state index contributed by atoms with van der Waals surface area (Å²) in [5.41, 5.74) is 1.95. The zero-order valence-corrected chi connectivity index (χ0v) is 21.4. The van der Waals surface area contributed by atoms with Gasteiger partial charge in [0.2, 0.25) is 5.95 Å². The standard InChI is InChI=1S/C26H29BrN6O2/c1-26(10-7-17(27)8-11-26)32-25-31-21-14-19(5-6-23(21)33(25)2)35-20-9-13-29-22(15-20)24(34)30-18-4-3-12-28-16-18/h5-10,13-15,18,28H,3-4,11-12,16H2,1-2H3,(H,30,34)(H,31,32). The van der Waals surface area contributed by atoms with Gasteiger partial charge in [-0.3, -0.25) is 9.78 Å². The lowest BCUT2D eigenvalue weighted by Gasteiger charge is -2.29. The highest BCUT2D eigenvalue weighted by atomic mass is 79.9. The lowest BCUT2D eigenvalue weighted by molar-refractivity contribution is 0.0925. The first-order valence-corrected chi connectivity index (χ1v) is 12.6. The summed E-state index contributed by atoms with van der Waals surface area (Å²) in [6, 6.07) is 9.34. The quantitative estimate of drug-likeness (QED) is 0.424. The Morgan fingerprint density at radius 3 is 2.91 bits per heavy atom. The van der Waals surface area contributed by atoms with Gasteiger partial charge in [0.1, 0.15) is 17.2 Å². The second-order valence-corrected chi connectivity index (χ2v) is 10.2. The van der Waals surface area contributed by atoms with Crippen LogP contribution in [0, 0.1) is 0 Å². The number of imidazole rings is 1. The summed E-state index contributed by atoms with van der Waals surface area (Å²) < 4.78 is 9.20. The number of piperidine rings is 1. The van der Waals surface area contributed by atoms with Gasteiger partial charge in [0, 0.05) is 42.4 Å². The Labute approximate surface area is 213 Å². The van der Waals surface area contributed by atoms with Crippen LogP contribution in [0.2, 0.25) is 0 Å². The molecule has 2 unspecified atom stereocenters. The van der Waals surface area contributed by atoms with E-state index in [0.717, 1.165) is 53.8 Å². The van der Waals surface area contributed by atoms with Crippen LogP contribution in [-0.4, -0.2) is 45.1 Å². The molecule has 5 rings (SSSR count). The molecule has 3 aromatic rings. The molecule has 0 bridgehead atoms. The fourth-order valence-corrected chi connectivity index (χ4v) is 4.68. The van der Waals surface area contributed by atoms with E-state index in [-0.39, 0.29) is 17.5 Å². The molecule has 0 radical (unpaired) electrons. The highest BCUT2D eigenvalue weighted by Gasteiger charge is 2.24. The number of halogens is 1. The van der Waals surface area contributed by atoms with Crippen LogP contribution in [0.4, 0.5) is 5.95 Å². The minimum Gasteiger partial charge on any atom is -0.457 e. The van der Waals surface area contributed by atoms with Gasteiger partial charge >= 0.3 is 0 Å². The van der Waals surface area contributed by atoms with Crippen molar-refractivity contribution in [3.05, 3.63) is 64.9 Å². The molecule has 2 aromatic heterocycles. The summed E-state index contributed by atoms with van der Waals surface area (Å²) in [5, 5.41) is 9.91. The van der Waals surface area contributed by atoms with Gasteiger partial charge in [0.05, 0.1) is 16.6 Å². The molecule has 2 aliphatic rings. The van der Waals surface area contributed by atoms with Crippen LogP contribution in [0.1, 0.15) is 36.7 Å². The van der Waals surface area contributed by atoms with Crippen molar-refractivity contribution in [1.29, 1.82) is 0 Å². The highest BCUT2D eigenvalue weighted by Crippen LogP contribution is 2.30. The molecule has 0 spiro atoms. The third kappa shape index (κ3) is 5.41. The minimum absolute atomic E-state index is 0.126. The molecule has 3 N–H and O–H groups in total. The Kier molecular flexibility index (Phi) is 6.62. The average molecular weight is 537 g/mol. The number of nitrogens with zero attached hydrogens (tertiary/aromatic N) is 3. The summed E-state index contributed by atoms with van der Waals surface area (Å²) >= 11 is 3.52. The maximum Gasteiger partial charge on any atom is 0.270 e. The number of rotatable bonds is 6. The summed E-state index contributed by atoms with van der Waals surface area (Å²) in [6.45, 7) is 3.93. The predicted octanol–water partition coefficient (Wildman–Crippen LogP) is 4.65. The van der Waals surface area contributed by atoms with Gasteiger partial charge in [-0.2, -0.15) is 0 Å². The number of allylic oxidation sites excluding steroid dienone is 2. The molecule has 3 heterocycles. The van der Waals surface area contributed by atoms with Crippen LogP contribution >= 0.6 is 15.9 Å². The number of pyridine rings is 1. The molecule has 1 aromatic carbocycles. The maximum absolute atomic E-state index is 12.7. The van der Waals surface area contributed by atoms with Crippen molar-refractivity contribution in [3.8, 4) is 11.5 Å². The van der Waals surface area contributed by atoms with Crippen LogP contribution in [0.5, 0.6) is 11.5 Å². The number of hydrogen-bond donors (Lipinski definition) is 3. The average Bonchev–Trinajstić information content (AvgIpc) is 3.16. The van der Waals surface area contributed by atoms with E-state index in [1.165, 1.54) is 0 Å². The SMILES string of the molecule is Cn1c(NC2(C)C=CC(Br)=CC2)nc2cc(Oc3ccnc(C(=O)NC4CCCNC4)c3)ccc21. The van der Waals surface area contributed by atoms with E-state index >= 15 is 0 Å². The second kappa shape index (κ2) is 9.83. The van der Waals surface area contributed by atoms with E-state index in [4.69, 9.17) is 9.72 Å². The van der Waals surface area contributed by atoms with Crippen molar-refractivity contribution in [2.75, 3.05) is 18.4 Å². The number of carbonyl (C=O) groups excluding carboxylic acids is 1. The van der Waals surface area contributed by atoms with Gasteiger partial charge < -0.3 is 25.3 Å². The number of fused-ring (bicyclic) bond motifs is 1. The second-order valence-electron chi connectivity index (χ2n) is 9.31. The first kappa shape index (κ1) is 23.6. The zero-order chi connectivity index (χ0) is 24.4. The molecule has 1 amide bonds. The third-order valence-electron chi connectivity index (χ3n) is 6.41. The largest absolute Gasteiger partial charge is 0.457 e. The first-order valence-electron chi connectivity index (χ1n) is 11.8. The zero-order valence-electron chi connectivity index (χ0n) is 19.8. The molecule has 1 aliphatic heterocycles. The number of hydrogen-bond acceptors (Lipinski definition) is 6. The van der Waals surface area contributed by atoms with E-state index in [0.29, 0.717) is 17.2 Å². The molecular formula is C26H29BrN6O2. The molecule has 1 fully saturated rings. The van der Waals surface area contributed by atoms with Gasteiger partial charge in [0.25, 0.3) is 5.91 Å². The molecule has 0 saturated carbocycles. The topological polar surface area (TPSA) is 93.1 Å². The van der Waals surface area contributed by atoms with Gasteiger partial charge in [-0.25, -0.2) is 4.98 Å². The number of ether oxygens (including phenoxy) is 1. The van der Waals surface area contributed by atoms with Crippen LogP contribution < -0.4 is 20.7 Å². The fourth-order valence-electron chi connectivity index (χ4n) is 4.38. The third-order valence-corrected chi connectivity index (χ3v) is 7.00. The Morgan fingerprint density at radius 2 is 2.14 bits per heavy atom. The van der Waals surface area contributed by atoms with Crippen molar-refractivity contribution < 1.29 is 9.53 Å². The highest BCUT2D eigenvalue weighted by molar-refractivity contribution is 9.11. The monoisotopic (exact) mass is 536 g/mol. The molecule has 182 valence electrons. The maximum atomic E-state index is 12.7. The van der Waals surface area contributed by atoms with E-state index in [1.54, 1.807) is 18.3 Å². The Bertz CT molecular complexity index is 1310. The number of aromatic nitrogens is 3. The van der Waals surface area contributed by atoms with Crippen molar-refractivity contribution in [3.63, 3.8) is 0 Å². The molecule has 1 saturated heterocycles.